The number of piperidine rings is 1. The van der Waals surface area contributed by atoms with Crippen molar-refractivity contribution in [1.82, 2.24) is 4.90 Å². The molecule has 1 amide bonds. The molecule has 2 rings (SSSR count). The molecule has 1 fully saturated rings. The number of amides is 1. The van der Waals surface area contributed by atoms with Gasteiger partial charge in [-0.1, -0.05) is 11.6 Å². The van der Waals surface area contributed by atoms with E-state index in [1.807, 2.05) is 0 Å². The van der Waals surface area contributed by atoms with Crippen LogP contribution in [0.2, 0.25) is 4.34 Å². The monoisotopic (exact) mass is 243 g/mol. The van der Waals surface area contributed by atoms with E-state index in [1.165, 1.54) is 11.3 Å². The normalized spacial score (nSPS) is 16.9. The van der Waals surface area contributed by atoms with Gasteiger partial charge in [-0.05, 0) is 12.1 Å². The highest BCUT2D eigenvalue weighted by Gasteiger charge is 2.22. The maximum Gasteiger partial charge on any atom is 0.263 e. The number of hydrogen-bond donors (Lipinski definition) is 0. The highest BCUT2D eigenvalue weighted by molar-refractivity contribution is 7.17. The fourth-order valence-electron chi connectivity index (χ4n) is 1.54. The summed E-state index contributed by atoms with van der Waals surface area (Å²) in [5.41, 5.74) is 0. The zero-order chi connectivity index (χ0) is 10.8. The van der Waals surface area contributed by atoms with Gasteiger partial charge in [-0.2, -0.15) is 0 Å². The molecule has 1 aromatic heterocycles. The predicted octanol–water partition coefficient (Wildman–Crippen LogP) is 2.21. The fourth-order valence-corrected chi connectivity index (χ4v) is 2.56. The summed E-state index contributed by atoms with van der Waals surface area (Å²) in [6.45, 7) is 1.07. The molecule has 0 saturated carbocycles. The first-order valence-corrected chi connectivity index (χ1v) is 5.92. The number of halogens is 1. The third-order valence-electron chi connectivity index (χ3n) is 2.39. The van der Waals surface area contributed by atoms with Crippen LogP contribution < -0.4 is 0 Å². The predicted molar refractivity (Wildman–Crippen MR) is 59.5 cm³/mol. The van der Waals surface area contributed by atoms with Crippen molar-refractivity contribution < 1.29 is 9.59 Å². The Morgan fingerprint density at radius 2 is 2.00 bits per heavy atom. The van der Waals surface area contributed by atoms with Gasteiger partial charge in [-0.25, -0.2) is 0 Å². The number of carbonyl (C=O) groups excluding carboxylic acids is 2. The molecule has 0 aromatic carbocycles. The van der Waals surface area contributed by atoms with Crippen molar-refractivity contribution in [3.05, 3.63) is 21.3 Å². The summed E-state index contributed by atoms with van der Waals surface area (Å²) in [4.78, 5) is 25.3. The lowest BCUT2D eigenvalue weighted by Crippen LogP contribution is -2.38. The molecular weight excluding hydrogens is 234 g/mol. The molecule has 0 spiro atoms. The number of Topliss-reactive ketones (excluding diaryl/α,β-unsaturated/α-hetero) is 1. The van der Waals surface area contributed by atoms with Crippen LogP contribution in [0.1, 0.15) is 22.5 Å². The van der Waals surface area contributed by atoms with Crippen molar-refractivity contribution in [2.45, 2.75) is 12.8 Å². The number of rotatable bonds is 1. The van der Waals surface area contributed by atoms with E-state index in [-0.39, 0.29) is 11.7 Å². The van der Waals surface area contributed by atoms with E-state index in [0.717, 1.165) is 0 Å². The smallest absolute Gasteiger partial charge is 0.263 e. The van der Waals surface area contributed by atoms with E-state index < -0.39 is 0 Å². The van der Waals surface area contributed by atoms with E-state index in [4.69, 9.17) is 11.6 Å². The Balaban J connectivity index is 2.05. The second-order valence-corrected chi connectivity index (χ2v) is 5.15. The van der Waals surface area contributed by atoms with Crippen LogP contribution in [0.25, 0.3) is 0 Å². The largest absolute Gasteiger partial charge is 0.337 e. The number of likely N-dealkylation sites (tertiary alicyclic amines) is 1. The minimum absolute atomic E-state index is 0.0144. The second-order valence-electron chi connectivity index (χ2n) is 3.43. The average molecular weight is 244 g/mol. The molecule has 0 unspecified atom stereocenters. The van der Waals surface area contributed by atoms with Gasteiger partial charge in [0.25, 0.3) is 5.91 Å². The molecule has 0 atom stereocenters. The molecule has 15 heavy (non-hydrogen) atoms. The van der Waals surface area contributed by atoms with Crippen LogP contribution in [0.3, 0.4) is 0 Å². The van der Waals surface area contributed by atoms with Crippen LogP contribution in [0.4, 0.5) is 0 Å². The zero-order valence-corrected chi connectivity index (χ0v) is 9.61. The number of carbonyl (C=O) groups is 2. The number of ketones is 1. The molecule has 5 heteroatoms. The van der Waals surface area contributed by atoms with Crippen LogP contribution in [-0.4, -0.2) is 29.7 Å². The van der Waals surface area contributed by atoms with Crippen molar-refractivity contribution in [2.24, 2.45) is 0 Å². The highest BCUT2D eigenvalue weighted by atomic mass is 35.5. The van der Waals surface area contributed by atoms with Crippen molar-refractivity contribution in [1.29, 1.82) is 0 Å². The molecule has 1 aliphatic heterocycles. The van der Waals surface area contributed by atoms with Gasteiger partial charge in [0.1, 0.15) is 5.78 Å². The van der Waals surface area contributed by atoms with Crippen LogP contribution in [0.5, 0.6) is 0 Å². The topological polar surface area (TPSA) is 37.4 Å². The van der Waals surface area contributed by atoms with Crippen LogP contribution in [-0.2, 0) is 4.79 Å². The lowest BCUT2D eigenvalue weighted by atomic mass is 10.1. The molecule has 3 nitrogen and oxygen atoms in total. The Labute approximate surface area is 96.6 Å². The molecule has 0 N–H and O–H groups in total. The minimum Gasteiger partial charge on any atom is -0.337 e. The summed E-state index contributed by atoms with van der Waals surface area (Å²) in [5.74, 6) is 0.225. The second kappa shape index (κ2) is 4.33. The van der Waals surface area contributed by atoms with E-state index in [9.17, 15) is 9.59 Å². The van der Waals surface area contributed by atoms with E-state index in [0.29, 0.717) is 35.1 Å². The highest BCUT2D eigenvalue weighted by Crippen LogP contribution is 2.23. The van der Waals surface area contributed by atoms with Crippen LogP contribution in [0.15, 0.2) is 12.1 Å². The first-order valence-electron chi connectivity index (χ1n) is 4.73. The van der Waals surface area contributed by atoms with E-state index in [1.54, 1.807) is 17.0 Å². The molecule has 1 aliphatic rings. The molecular formula is C10H10ClNO2S. The first-order chi connectivity index (χ1) is 7.16. The standard InChI is InChI=1S/C10H10ClNO2S/c11-9-2-1-8(15-9)10(14)12-5-3-7(13)4-6-12/h1-2H,3-6H2. The summed E-state index contributed by atoms with van der Waals surface area (Å²) < 4.78 is 0.617. The van der Waals surface area contributed by atoms with Crippen molar-refractivity contribution in [3.8, 4) is 0 Å². The molecule has 0 aliphatic carbocycles. The lowest BCUT2D eigenvalue weighted by molar-refractivity contribution is -0.120. The maximum atomic E-state index is 11.9. The quantitative estimate of drug-likeness (QED) is 0.758. The SMILES string of the molecule is O=C1CCN(C(=O)c2ccc(Cl)s2)CC1. The van der Waals surface area contributed by atoms with Gasteiger partial charge in [0.2, 0.25) is 0 Å². The summed E-state index contributed by atoms with van der Waals surface area (Å²) >= 11 is 7.04. The summed E-state index contributed by atoms with van der Waals surface area (Å²) in [6, 6.07) is 3.44. The lowest BCUT2D eigenvalue weighted by Gasteiger charge is -2.25. The average Bonchev–Trinajstić information content (AvgIpc) is 2.65. The molecule has 2 heterocycles. The Hall–Kier alpha value is -0.870. The van der Waals surface area contributed by atoms with E-state index >= 15 is 0 Å². The van der Waals surface area contributed by atoms with Crippen LogP contribution in [0, 0.1) is 0 Å². The van der Waals surface area contributed by atoms with Gasteiger partial charge in [0.15, 0.2) is 0 Å². The summed E-state index contributed by atoms with van der Waals surface area (Å²) in [7, 11) is 0. The zero-order valence-electron chi connectivity index (χ0n) is 8.03. The maximum absolute atomic E-state index is 11.9. The third kappa shape index (κ3) is 2.38. The Morgan fingerprint density at radius 1 is 1.33 bits per heavy atom. The number of thiophene rings is 1. The molecule has 1 aromatic rings. The summed E-state index contributed by atoms with van der Waals surface area (Å²) in [5, 5.41) is 0. The van der Waals surface area contributed by atoms with Crippen molar-refractivity contribution >= 4 is 34.6 Å². The molecule has 80 valence electrons. The minimum atomic E-state index is -0.0144. The van der Waals surface area contributed by atoms with Crippen LogP contribution >= 0.6 is 22.9 Å². The van der Waals surface area contributed by atoms with Crippen molar-refractivity contribution in [2.75, 3.05) is 13.1 Å². The van der Waals surface area contributed by atoms with Gasteiger partial charge >= 0.3 is 0 Å². The Morgan fingerprint density at radius 3 is 2.53 bits per heavy atom. The number of nitrogens with zero attached hydrogens (tertiary/aromatic N) is 1. The molecule has 1 saturated heterocycles. The van der Waals surface area contributed by atoms with Gasteiger partial charge in [-0.15, -0.1) is 11.3 Å². The number of hydrogen-bond acceptors (Lipinski definition) is 3. The Bertz CT molecular complexity index is 392. The molecule has 0 bridgehead atoms. The van der Waals surface area contributed by atoms with Crippen molar-refractivity contribution in [3.63, 3.8) is 0 Å². The Kier molecular flexibility index (Phi) is 3.07. The summed E-state index contributed by atoms with van der Waals surface area (Å²) in [6.07, 6.45) is 0.954. The van der Waals surface area contributed by atoms with E-state index in [2.05, 4.69) is 0 Å². The molecule has 0 radical (unpaired) electrons. The first kappa shape index (κ1) is 10.6. The third-order valence-corrected chi connectivity index (χ3v) is 3.61. The fraction of sp³-hybridized carbons (Fsp3) is 0.400. The van der Waals surface area contributed by atoms with Gasteiger partial charge < -0.3 is 4.90 Å². The van der Waals surface area contributed by atoms with Gasteiger partial charge in [-0.3, -0.25) is 9.59 Å². The van der Waals surface area contributed by atoms with Gasteiger partial charge in [0.05, 0.1) is 9.21 Å². The van der Waals surface area contributed by atoms with Gasteiger partial charge in [0, 0.05) is 25.9 Å².